The molecule has 2 heterocycles. The molecule has 1 aromatic heterocycles. The summed E-state index contributed by atoms with van der Waals surface area (Å²) in [6.07, 6.45) is 8.82. The topological polar surface area (TPSA) is 41.1 Å². The Kier molecular flexibility index (Phi) is 5.55. The summed E-state index contributed by atoms with van der Waals surface area (Å²) in [6, 6.07) is 2.52. The number of aromatic nitrogens is 2. The average molecular weight is 248 g/mol. The van der Waals surface area contributed by atoms with Gasteiger partial charge in [-0.05, 0) is 38.4 Å². The Morgan fingerprint density at radius 1 is 1.33 bits per heavy atom. The lowest BCUT2D eigenvalue weighted by Crippen LogP contribution is -2.43. The normalized spacial score (nSPS) is 20.2. The first kappa shape index (κ1) is 13.4. The number of hydrogen-bond acceptors (Lipinski definition) is 4. The van der Waals surface area contributed by atoms with Gasteiger partial charge in [-0.25, -0.2) is 9.97 Å². The van der Waals surface area contributed by atoms with E-state index in [4.69, 9.17) is 0 Å². The van der Waals surface area contributed by atoms with Crippen molar-refractivity contribution < 1.29 is 0 Å². The van der Waals surface area contributed by atoms with Crippen LogP contribution in [0.25, 0.3) is 0 Å². The lowest BCUT2D eigenvalue weighted by molar-refractivity contribution is 0.213. The molecule has 1 atom stereocenters. The molecular formula is C14H24N4. The first-order valence-corrected chi connectivity index (χ1v) is 7.10. The largest absolute Gasteiger partial charge is 0.313 e. The van der Waals surface area contributed by atoms with E-state index in [-0.39, 0.29) is 0 Å². The van der Waals surface area contributed by atoms with Gasteiger partial charge in [0.15, 0.2) is 0 Å². The highest BCUT2D eigenvalue weighted by molar-refractivity contribution is 4.89. The van der Waals surface area contributed by atoms with Crippen LogP contribution in [0.5, 0.6) is 0 Å². The zero-order chi connectivity index (χ0) is 12.6. The second-order valence-corrected chi connectivity index (χ2v) is 5.05. The summed E-state index contributed by atoms with van der Waals surface area (Å²) in [6.45, 7) is 6.51. The number of nitrogens with one attached hydrogen (secondary N) is 1. The Morgan fingerprint density at radius 2 is 2.17 bits per heavy atom. The molecule has 2 rings (SSSR count). The molecule has 0 spiro atoms. The highest BCUT2D eigenvalue weighted by atomic mass is 15.2. The van der Waals surface area contributed by atoms with E-state index < -0.39 is 0 Å². The minimum atomic E-state index is 0.647. The van der Waals surface area contributed by atoms with Gasteiger partial charge in [-0.3, -0.25) is 4.90 Å². The van der Waals surface area contributed by atoms with Gasteiger partial charge in [-0.1, -0.05) is 13.3 Å². The maximum absolute atomic E-state index is 4.32. The van der Waals surface area contributed by atoms with Crippen molar-refractivity contribution in [1.82, 2.24) is 20.2 Å². The van der Waals surface area contributed by atoms with Crippen molar-refractivity contribution in [3.05, 3.63) is 24.3 Å². The van der Waals surface area contributed by atoms with Crippen molar-refractivity contribution in [1.29, 1.82) is 0 Å². The van der Waals surface area contributed by atoms with Gasteiger partial charge >= 0.3 is 0 Å². The van der Waals surface area contributed by atoms with Gasteiger partial charge in [0, 0.05) is 25.0 Å². The predicted molar refractivity (Wildman–Crippen MR) is 73.2 cm³/mol. The lowest BCUT2D eigenvalue weighted by Gasteiger charge is -2.30. The third-order valence-corrected chi connectivity index (χ3v) is 3.42. The summed E-state index contributed by atoms with van der Waals surface area (Å²) in [5, 5.41) is 3.61. The molecule has 0 amide bonds. The Hall–Kier alpha value is -1.00. The van der Waals surface area contributed by atoms with E-state index in [0.29, 0.717) is 6.04 Å². The zero-order valence-corrected chi connectivity index (χ0v) is 11.3. The molecule has 100 valence electrons. The number of piperidine rings is 1. The second kappa shape index (κ2) is 7.44. The molecule has 4 nitrogen and oxygen atoms in total. The van der Waals surface area contributed by atoms with Crippen LogP contribution in [0.4, 0.5) is 0 Å². The fraction of sp³-hybridized carbons (Fsp3) is 0.714. The van der Waals surface area contributed by atoms with Crippen molar-refractivity contribution in [2.75, 3.05) is 19.6 Å². The predicted octanol–water partition coefficient (Wildman–Crippen LogP) is 1.83. The third kappa shape index (κ3) is 4.35. The monoisotopic (exact) mass is 248 g/mol. The van der Waals surface area contributed by atoms with Crippen LogP contribution >= 0.6 is 0 Å². The molecule has 0 aliphatic carbocycles. The lowest BCUT2D eigenvalue weighted by atomic mass is 10.0. The molecule has 1 unspecified atom stereocenters. The Balaban J connectivity index is 1.86. The van der Waals surface area contributed by atoms with Crippen molar-refractivity contribution in [2.24, 2.45) is 0 Å². The smallest absolute Gasteiger partial charge is 0.142 e. The van der Waals surface area contributed by atoms with Crippen LogP contribution in [0.1, 0.15) is 38.4 Å². The zero-order valence-electron chi connectivity index (χ0n) is 11.3. The van der Waals surface area contributed by atoms with Crippen molar-refractivity contribution in [2.45, 2.75) is 45.2 Å². The van der Waals surface area contributed by atoms with Gasteiger partial charge in [0.1, 0.15) is 5.82 Å². The van der Waals surface area contributed by atoms with E-state index >= 15 is 0 Å². The fourth-order valence-electron chi connectivity index (χ4n) is 2.55. The average Bonchev–Trinajstić information content (AvgIpc) is 2.41. The third-order valence-electron chi connectivity index (χ3n) is 3.42. The minimum Gasteiger partial charge on any atom is -0.313 e. The van der Waals surface area contributed by atoms with E-state index in [1.807, 2.05) is 18.5 Å². The highest BCUT2D eigenvalue weighted by Crippen LogP contribution is 2.10. The summed E-state index contributed by atoms with van der Waals surface area (Å²) >= 11 is 0. The molecule has 0 saturated carbocycles. The summed E-state index contributed by atoms with van der Waals surface area (Å²) in [5.41, 5.74) is 0. The van der Waals surface area contributed by atoms with Crippen molar-refractivity contribution >= 4 is 0 Å². The molecule has 1 aliphatic rings. The van der Waals surface area contributed by atoms with Gasteiger partial charge in [0.2, 0.25) is 0 Å². The maximum atomic E-state index is 4.32. The van der Waals surface area contributed by atoms with Gasteiger partial charge in [0.05, 0.1) is 6.54 Å². The van der Waals surface area contributed by atoms with Crippen LogP contribution in [-0.4, -0.2) is 40.5 Å². The van der Waals surface area contributed by atoms with E-state index in [2.05, 4.69) is 27.1 Å². The fourth-order valence-corrected chi connectivity index (χ4v) is 2.55. The molecule has 1 N–H and O–H groups in total. The quantitative estimate of drug-likeness (QED) is 0.834. The summed E-state index contributed by atoms with van der Waals surface area (Å²) < 4.78 is 0. The van der Waals surface area contributed by atoms with Crippen LogP contribution in [0.15, 0.2) is 18.5 Å². The molecule has 4 heteroatoms. The molecule has 1 fully saturated rings. The number of nitrogens with zero attached hydrogens (tertiary/aromatic N) is 3. The van der Waals surface area contributed by atoms with Gasteiger partial charge in [0.25, 0.3) is 0 Å². The van der Waals surface area contributed by atoms with Gasteiger partial charge in [-0.15, -0.1) is 0 Å². The Labute approximate surface area is 110 Å². The van der Waals surface area contributed by atoms with Gasteiger partial charge < -0.3 is 5.32 Å². The SMILES string of the molecule is CCCN(Cc1ncccn1)CC1CCCCN1. The molecule has 1 saturated heterocycles. The van der Waals surface area contributed by atoms with Crippen LogP contribution in [0, 0.1) is 0 Å². The number of rotatable bonds is 6. The standard InChI is InChI=1S/C14H24N4/c1-2-10-18(11-13-6-3-4-7-15-13)12-14-16-8-5-9-17-14/h5,8-9,13,15H,2-4,6-7,10-12H2,1H3. The van der Waals surface area contributed by atoms with Crippen LogP contribution in [-0.2, 0) is 6.54 Å². The van der Waals surface area contributed by atoms with Crippen molar-refractivity contribution in [3.63, 3.8) is 0 Å². The first-order valence-electron chi connectivity index (χ1n) is 7.10. The summed E-state index contributed by atoms with van der Waals surface area (Å²) in [4.78, 5) is 11.1. The van der Waals surface area contributed by atoms with Gasteiger partial charge in [-0.2, -0.15) is 0 Å². The molecular weight excluding hydrogens is 224 g/mol. The van der Waals surface area contributed by atoms with E-state index in [9.17, 15) is 0 Å². The Bertz CT molecular complexity index is 322. The first-order chi connectivity index (χ1) is 8.88. The highest BCUT2D eigenvalue weighted by Gasteiger charge is 2.16. The molecule has 1 aliphatic heterocycles. The molecule has 18 heavy (non-hydrogen) atoms. The van der Waals surface area contributed by atoms with Crippen LogP contribution < -0.4 is 5.32 Å². The molecule has 0 aromatic carbocycles. The molecule has 1 aromatic rings. The maximum Gasteiger partial charge on any atom is 0.142 e. The van der Waals surface area contributed by atoms with Crippen molar-refractivity contribution in [3.8, 4) is 0 Å². The molecule has 0 bridgehead atoms. The Morgan fingerprint density at radius 3 is 2.83 bits per heavy atom. The minimum absolute atomic E-state index is 0.647. The van der Waals surface area contributed by atoms with Crippen LogP contribution in [0.3, 0.4) is 0 Å². The number of hydrogen-bond donors (Lipinski definition) is 1. The molecule has 0 radical (unpaired) electrons. The summed E-state index contributed by atoms with van der Waals surface area (Å²) in [5.74, 6) is 0.932. The van der Waals surface area contributed by atoms with E-state index in [1.165, 1.54) is 32.2 Å². The second-order valence-electron chi connectivity index (χ2n) is 5.05. The van der Waals surface area contributed by atoms with E-state index in [0.717, 1.165) is 25.5 Å². The summed E-state index contributed by atoms with van der Waals surface area (Å²) in [7, 11) is 0. The van der Waals surface area contributed by atoms with Crippen LogP contribution in [0.2, 0.25) is 0 Å². The van der Waals surface area contributed by atoms with E-state index in [1.54, 1.807) is 0 Å².